The highest BCUT2D eigenvalue weighted by Gasteiger charge is 2.59. The van der Waals surface area contributed by atoms with Gasteiger partial charge in [0.1, 0.15) is 11.5 Å². The molecule has 0 aliphatic carbocycles. The Bertz CT molecular complexity index is 321. The third-order valence-corrected chi connectivity index (χ3v) is 4.30. The maximum Gasteiger partial charge on any atom is 0.114 e. The van der Waals surface area contributed by atoms with Crippen LogP contribution in [-0.4, -0.2) is 36.1 Å². The van der Waals surface area contributed by atoms with Gasteiger partial charge in [0.15, 0.2) is 0 Å². The quantitative estimate of drug-likeness (QED) is 0.758. The number of nitrogens with zero attached hydrogens (tertiary/aromatic N) is 1. The van der Waals surface area contributed by atoms with E-state index >= 15 is 0 Å². The van der Waals surface area contributed by atoms with Crippen LogP contribution in [0.25, 0.3) is 0 Å². The average molecular weight is 223 g/mol. The number of aliphatic hydroxyl groups excluding tert-OH is 1. The summed E-state index contributed by atoms with van der Waals surface area (Å²) in [6, 6.07) is 2.33. The second-order valence-electron chi connectivity index (χ2n) is 5.18. The van der Waals surface area contributed by atoms with Crippen LogP contribution in [0.15, 0.2) is 0 Å². The van der Waals surface area contributed by atoms with E-state index in [1.807, 2.05) is 0 Å². The molecule has 88 valence electrons. The molecule has 16 heavy (non-hydrogen) atoms. The van der Waals surface area contributed by atoms with Gasteiger partial charge in [-0.15, -0.1) is 0 Å². The van der Waals surface area contributed by atoms with E-state index in [4.69, 9.17) is 9.47 Å². The van der Waals surface area contributed by atoms with Crippen molar-refractivity contribution in [1.29, 1.82) is 5.26 Å². The molecular formula is C12H17NO3. The predicted octanol–water partition coefficient (Wildman–Crippen LogP) is 0.988. The Balaban J connectivity index is 1.82. The molecule has 3 aliphatic rings. The zero-order valence-corrected chi connectivity index (χ0v) is 9.26. The highest BCUT2D eigenvalue weighted by molar-refractivity contribution is 5.17. The molecule has 0 aromatic carbocycles. The van der Waals surface area contributed by atoms with E-state index in [2.05, 4.69) is 6.07 Å². The maximum absolute atomic E-state index is 10.4. The third kappa shape index (κ3) is 1.32. The lowest BCUT2D eigenvalue weighted by Crippen LogP contribution is -2.48. The Morgan fingerprint density at radius 1 is 1.38 bits per heavy atom. The number of nitriles is 1. The monoisotopic (exact) mass is 223 g/mol. The third-order valence-electron chi connectivity index (χ3n) is 4.30. The summed E-state index contributed by atoms with van der Waals surface area (Å²) in [5, 5.41) is 19.8. The summed E-state index contributed by atoms with van der Waals surface area (Å²) >= 11 is 0. The highest BCUT2D eigenvalue weighted by Crippen LogP contribution is 2.50. The van der Waals surface area contributed by atoms with Crippen LogP contribution in [0.5, 0.6) is 0 Å². The molecule has 3 rings (SSSR count). The minimum Gasteiger partial charge on any atom is -0.389 e. The molecule has 3 heterocycles. The van der Waals surface area contributed by atoms with Crippen LogP contribution in [0.1, 0.15) is 32.1 Å². The van der Waals surface area contributed by atoms with Gasteiger partial charge in [0.05, 0.1) is 24.4 Å². The number of ether oxygens (including phenoxy) is 2. The number of rotatable bonds is 2. The van der Waals surface area contributed by atoms with E-state index < -0.39 is 11.5 Å². The van der Waals surface area contributed by atoms with Gasteiger partial charge in [0, 0.05) is 6.61 Å². The van der Waals surface area contributed by atoms with Crippen LogP contribution >= 0.6 is 0 Å². The fraction of sp³-hybridized carbons (Fsp3) is 0.917. The summed E-state index contributed by atoms with van der Waals surface area (Å²) in [5.74, 6) is 0. The van der Waals surface area contributed by atoms with E-state index in [-0.39, 0.29) is 18.3 Å². The molecule has 4 nitrogen and oxygen atoms in total. The van der Waals surface area contributed by atoms with Gasteiger partial charge in [0.2, 0.25) is 0 Å². The smallest absolute Gasteiger partial charge is 0.114 e. The van der Waals surface area contributed by atoms with Crippen molar-refractivity contribution in [1.82, 2.24) is 0 Å². The van der Waals surface area contributed by atoms with Gasteiger partial charge in [0.25, 0.3) is 0 Å². The topological polar surface area (TPSA) is 62.5 Å². The van der Waals surface area contributed by atoms with E-state index in [1.165, 1.54) is 0 Å². The number of fused-ring (bicyclic) bond motifs is 2. The Morgan fingerprint density at radius 2 is 2.25 bits per heavy atom. The van der Waals surface area contributed by atoms with Crippen LogP contribution in [0.4, 0.5) is 0 Å². The Kier molecular flexibility index (Phi) is 2.43. The standard InChI is InChI=1S/C12H17NO3/c13-7-12(6-8-3-4-10(12)16-8)11(14)9-2-1-5-15-9/h8-11,14H,1-6H2. The molecule has 5 unspecified atom stereocenters. The van der Waals surface area contributed by atoms with Crippen LogP contribution in [-0.2, 0) is 9.47 Å². The van der Waals surface area contributed by atoms with Crippen molar-refractivity contribution in [2.75, 3.05) is 6.61 Å². The maximum atomic E-state index is 10.4. The second-order valence-corrected chi connectivity index (χ2v) is 5.18. The van der Waals surface area contributed by atoms with Gasteiger partial charge < -0.3 is 14.6 Å². The number of hydrogen-bond acceptors (Lipinski definition) is 4. The molecule has 0 saturated carbocycles. The summed E-state index contributed by atoms with van der Waals surface area (Å²) in [6.45, 7) is 0.707. The Morgan fingerprint density at radius 3 is 2.75 bits per heavy atom. The van der Waals surface area contributed by atoms with Gasteiger partial charge in [-0.2, -0.15) is 5.26 Å². The lowest BCUT2D eigenvalue weighted by atomic mass is 9.69. The predicted molar refractivity (Wildman–Crippen MR) is 55.5 cm³/mol. The fourth-order valence-corrected chi connectivity index (χ4v) is 3.42. The van der Waals surface area contributed by atoms with Crippen molar-refractivity contribution in [2.24, 2.45) is 5.41 Å². The molecule has 0 aromatic heterocycles. The molecule has 5 atom stereocenters. The number of hydrogen-bond donors (Lipinski definition) is 1. The van der Waals surface area contributed by atoms with Crippen molar-refractivity contribution in [3.8, 4) is 6.07 Å². The first kappa shape index (κ1) is 10.5. The van der Waals surface area contributed by atoms with Gasteiger partial charge in [-0.05, 0) is 32.1 Å². The van der Waals surface area contributed by atoms with Crippen molar-refractivity contribution in [2.45, 2.75) is 56.5 Å². The van der Waals surface area contributed by atoms with E-state index in [0.29, 0.717) is 13.0 Å². The molecular weight excluding hydrogens is 206 g/mol. The molecule has 4 heteroatoms. The zero-order chi connectivity index (χ0) is 11.2. The first-order valence-electron chi connectivity index (χ1n) is 6.12. The van der Waals surface area contributed by atoms with Gasteiger partial charge in [-0.25, -0.2) is 0 Å². The lowest BCUT2D eigenvalue weighted by molar-refractivity contribution is -0.0751. The normalized spacial score (nSPS) is 48.1. The number of aliphatic hydroxyl groups is 1. The average Bonchev–Trinajstić information content (AvgIpc) is 3.03. The summed E-state index contributed by atoms with van der Waals surface area (Å²) in [7, 11) is 0. The second kappa shape index (κ2) is 3.69. The van der Waals surface area contributed by atoms with Crippen LogP contribution < -0.4 is 0 Å². The van der Waals surface area contributed by atoms with Gasteiger partial charge in [-0.3, -0.25) is 0 Å². The molecule has 3 saturated heterocycles. The van der Waals surface area contributed by atoms with Gasteiger partial charge in [-0.1, -0.05) is 0 Å². The van der Waals surface area contributed by atoms with Crippen molar-refractivity contribution < 1.29 is 14.6 Å². The highest BCUT2D eigenvalue weighted by atomic mass is 16.5. The molecule has 0 radical (unpaired) electrons. The molecule has 0 amide bonds. The van der Waals surface area contributed by atoms with Crippen LogP contribution in [0, 0.1) is 16.7 Å². The SMILES string of the molecule is N#CC1(C(O)C2CCCO2)CC2CCC1O2. The minimum atomic E-state index is -0.710. The first-order valence-corrected chi connectivity index (χ1v) is 6.12. The molecule has 3 fully saturated rings. The molecule has 0 aromatic rings. The summed E-state index contributed by atoms with van der Waals surface area (Å²) < 4.78 is 11.2. The molecule has 2 bridgehead atoms. The summed E-state index contributed by atoms with van der Waals surface area (Å²) in [4.78, 5) is 0. The minimum absolute atomic E-state index is 0.0818. The summed E-state index contributed by atoms with van der Waals surface area (Å²) in [6.07, 6.45) is 3.71. The molecule has 3 aliphatic heterocycles. The van der Waals surface area contributed by atoms with Crippen molar-refractivity contribution in [3.05, 3.63) is 0 Å². The lowest BCUT2D eigenvalue weighted by Gasteiger charge is -2.35. The van der Waals surface area contributed by atoms with Crippen molar-refractivity contribution >= 4 is 0 Å². The fourth-order valence-electron chi connectivity index (χ4n) is 3.42. The molecule has 0 spiro atoms. The molecule has 1 N–H and O–H groups in total. The Hall–Kier alpha value is -0.630. The largest absolute Gasteiger partial charge is 0.389 e. The first-order chi connectivity index (χ1) is 7.76. The zero-order valence-electron chi connectivity index (χ0n) is 9.26. The van der Waals surface area contributed by atoms with Crippen LogP contribution in [0.3, 0.4) is 0 Å². The van der Waals surface area contributed by atoms with Gasteiger partial charge >= 0.3 is 0 Å². The van der Waals surface area contributed by atoms with E-state index in [9.17, 15) is 10.4 Å². The van der Waals surface area contributed by atoms with Crippen molar-refractivity contribution in [3.63, 3.8) is 0 Å². The van der Waals surface area contributed by atoms with E-state index in [0.717, 1.165) is 25.7 Å². The van der Waals surface area contributed by atoms with E-state index in [1.54, 1.807) is 0 Å². The Labute approximate surface area is 95.2 Å². The van der Waals surface area contributed by atoms with Crippen LogP contribution in [0.2, 0.25) is 0 Å². The summed E-state index contributed by atoms with van der Waals surface area (Å²) in [5.41, 5.74) is -0.710.